The Morgan fingerprint density at radius 2 is 1.68 bits per heavy atom. The van der Waals surface area contributed by atoms with Crippen molar-refractivity contribution in [2.45, 2.75) is 6.10 Å². The monoisotopic (exact) mass is 352 g/mol. The SMILES string of the molecule is OC(c1ccccc1)c1nc2ccccc2c2nc([AsH2])nn12. The molecule has 0 aliphatic rings. The number of rotatable bonds is 2. The average molecular weight is 352 g/mol. The molecule has 0 bridgehead atoms. The summed E-state index contributed by atoms with van der Waals surface area (Å²) in [6, 6.07) is 17.2. The molecule has 0 saturated carbocycles. The molecule has 0 saturated heterocycles. The summed E-state index contributed by atoms with van der Waals surface area (Å²) in [7, 11) is 0. The van der Waals surface area contributed by atoms with E-state index >= 15 is 0 Å². The van der Waals surface area contributed by atoms with Gasteiger partial charge in [0, 0.05) is 0 Å². The van der Waals surface area contributed by atoms with Crippen LogP contribution >= 0.6 is 0 Å². The van der Waals surface area contributed by atoms with Gasteiger partial charge in [0.25, 0.3) is 0 Å². The molecule has 0 aliphatic carbocycles. The molecule has 0 radical (unpaired) electrons. The molecule has 22 heavy (non-hydrogen) atoms. The molecule has 4 aromatic rings. The van der Waals surface area contributed by atoms with Crippen molar-refractivity contribution >= 4 is 38.0 Å². The predicted octanol–water partition coefficient (Wildman–Crippen LogP) is 0.618. The van der Waals surface area contributed by atoms with Gasteiger partial charge in [0.2, 0.25) is 0 Å². The third-order valence-corrected chi connectivity index (χ3v) is 4.09. The van der Waals surface area contributed by atoms with Crippen molar-refractivity contribution in [2.24, 2.45) is 0 Å². The summed E-state index contributed by atoms with van der Waals surface area (Å²) in [4.78, 5) is 9.12. The van der Waals surface area contributed by atoms with E-state index in [4.69, 9.17) is 0 Å². The molecule has 108 valence electrons. The Kier molecular flexibility index (Phi) is 3.17. The zero-order chi connectivity index (χ0) is 15.1. The number of aromatic nitrogens is 4. The van der Waals surface area contributed by atoms with Crippen molar-refractivity contribution in [1.29, 1.82) is 0 Å². The van der Waals surface area contributed by atoms with Gasteiger partial charge in [0.15, 0.2) is 0 Å². The number of benzene rings is 2. The van der Waals surface area contributed by atoms with Gasteiger partial charge < -0.3 is 0 Å². The Morgan fingerprint density at radius 1 is 0.955 bits per heavy atom. The van der Waals surface area contributed by atoms with Crippen LogP contribution in [0.2, 0.25) is 0 Å². The summed E-state index contributed by atoms with van der Waals surface area (Å²) in [5, 5.41) is 16.1. The third-order valence-electron chi connectivity index (χ3n) is 3.58. The van der Waals surface area contributed by atoms with E-state index in [1.807, 2.05) is 54.6 Å². The number of aliphatic hydroxyl groups is 1. The van der Waals surface area contributed by atoms with Crippen molar-refractivity contribution in [3.8, 4) is 0 Å². The molecule has 2 aromatic heterocycles. The fourth-order valence-corrected chi connectivity index (χ4v) is 3.05. The summed E-state index contributed by atoms with van der Waals surface area (Å²) in [6.07, 6.45) is -0.845. The molecule has 0 aliphatic heterocycles. The van der Waals surface area contributed by atoms with Gasteiger partial charge in [-0.05, 0) is 0 Å². The summed E-state index contributed by atoms with van der Waals surface area (Å²) in [5.41, 5.74) is 2.32. The molecular formula is C16H13AsN4O. The van der Waals surface area contributed by atoms with E-state index in [1.165, 1.54) is 16.9 Å². The van der Waals surface area contributed by atoms with E-state index in [1.54, 1.807) is 4.52 Å². The molecule has 6 heteroatoms. The Morgan fingerprint density at radius 3 is 2.50 bits per heavy atom. The van der Waals surface area contributed by atoms with Crippen LogP contribution in [0.25, 0.3) is 16.6 Å². The van der Waals surface area contributed by atoms with Crippen LogP contribution in [0.4, 0.5) is 0 Å². The summed E-state index contributed by atoms with van der Waals surface area (Å²) >= 11 is 1.35. The second kappa shape index (κ2) is 5.20. The molecule has 0 amide bonds. The van der Waals surface area contributed by atoms with Gasteiger partial charge in [0.05, 0.1) is 0 Å². The second-order valence-corrected chi connectivity index (χ2v) is 6.09. The molecule has 2 atom stereocenters. The van der Waals surface area contributed by atoms with E-state index in [0.717, 1.165) is 22.1 Å². The first-order chi connectivity index (χ1) is 10.7. The number of hydrogen-bond donors (Lipinski definition) is 1. The molecule has 0 spiro atoms. The Bertz CT molecular complexity index is 968. The number of para-hydroxylation sites is 1. The maximum absolute atomic E-state index is 10.7. The van der Waals surface area contributed by atoms with E-state index in [9.17, 15) is 5.11 Å². The van der Waals surface area contributed by atoms with Gasteiger partial charge in [-0.15, -0.1) is 0 Å². The minimum atomic E-state index is -0.845. The molecule has 2 unspecified atom stereocenters. The van der Waals surface area contributed by atoms with Gasteiger partial charge in [-0.2, -0.15) is 0 Å². The van der Waals surface area contributed by atoms with Crippen molar-refractivity contribution < 1.29 is 5.11 Å². The summed E-state index contributed by atoms with van der Waals surface area (Å²) in [5.74, 6) is 0.483. The number of hydrogen-bond acceptors (Lipinski definition) is 4. The fourth-order valence-electron chi connectivity index (χ4n) is 2.55. The molecular weight excluding hydrogens is 339 g/mol. The molecule has 0 fully saturated rings. The first-order valence-electron chi connectivity index (χ1n) is 6.88. The van der Waals surface area contributed by atoms with Crippen molar-refractivity contribution in [1.82, 2.24) is 19.6 Å². The predicted molar refractivity (Wildman–Crippen MR) is 87.0 cm³/mol. The van der Waals surface area contributed by atoms with Crippen LogP contribution in [-0.2, 0) is 0 Å². The van der Waals surface area contributed by atoms with Crippen LogP contribution in [0.3, 0.4) is 0 Å². The molecule has 4 rings (SSSR count). The summed E-state index contributed by atoms with van der Waals surface area (Å²) in [6.45, 7) is 0. The standard InChI is InChI=1S/C16H13AsN4O/c17-16-19-14-11-8-4-5-9-12(11)18-15(21(14)20-16)13(22)10-6-2-1-3-7-10/h1-9,13,22H,17H2. The summed E-state index contributed by atoms with van der Waals surface area (Å²) < 4.78 is 2.36. The van der Waals surface area contributed by atoms with Gasteiger partial charge in [0.1, 0.15) is 0 Å². The zero-order valence-electron chi connectivity index (χ0n) is 11.6. The van der Waals surface area contributed by atoms with E-state index in [0.29, 0.717) is 10.4 Å². The normalized spacial score (nSPS) is 12.8. The van der Waals surface area contributed by atoms with E-state index in [2.05, 4.69) is 15.1 Å². The average Bonchev–Trinajstić information content (AvgIpc) is 2.96. The van der Waals surface area contributed by atoms with Crippen molar-refractivity contribution in [3.63, 3.8) is 0 Å². The van der Waals surface area contributed by atoms with Crippen LogP contribution in [-0.4, -0.2) is 41.5 Å². The van der Waals surface area contributed by atoms with Gasteiger partial charge in [-0.3, -0.25) is 0 Å². The number of nitrogens with zero attached hydrogens (tertiary/aromatic N) is 4. The Balaban J connectivity index is 2.03. The zero-order valence-corrected chi connectivity index (χ0v) is 14.0. The number of fused-ring (bicyclic) bond motifs is 3. The Labute approximate surface area is 135 Å². The van der Waals surface area contributed by atoms with Crippen LogP contribution in [0.15, 0.2) is 54.6 Å². The third kappa shape index (κ3) is 2.10. The topological polar surface area (TPSA) is 63.3 Å². The first kappa shape index (κ1) is 13.4. The van der Waals surface area contributed by atoms with Crippen molar-refractivity contribution in [3.05, 3.63) is 66.0 Å². The van der Waals surface area contributed by atoms with Gasteiger partial charge in [-0.1, -0.05) is 0 Å². The molecule has 2 heterocycles. The second-order valence-electron chi connectivity index (χ2n) is 5.01. The van der Waals surface area contributed by atoms with Crippen molar-refractivity contribution in [2.75, 3.05) is 0 Å². The molecule has 5 nitrogen and oxygen atoms in total. The fraction of sp³-hybridized carbons (Fsp3) is 0.0625. The molecule has 2 aromatic carbocycles. The van der Waals surface area contributed by atoms with Crippen LogP contribution in [0.1, 0.15) is 17.5 Å². The maximum atomic E-state index is 10.7. The number of aliphatic hydroxyl groups excluding tert-OH is 1. The quantitative estimate of drug-likeness (QED) is 0.537. The molecule has 1 N–H and O–H groups in total. The van der Waals surface area contributed by atoms with Crippen LogP contribution in [0.5, 0.6) is 0 Å². The first-order valence-corrected chi connectivity index (χ1v) is 8.09. The minimum absolute atomic E-state index is 0.483. The van der Waals surface area contributed by atoms with Crippen LogP contribution < -0.4 is 4.61 Å². The van der Waals surface area contributed by atoms with Gasteiger partial charge >= 0.3 is 135 Å². The van der Waals surface area contributed by atoms with Gasteiger partial charge in [-0.25, -0.2) is 0 Å². The van der Waals surface area contributed by atoms with E-state index in [-0.39, 0.29) is 0 Å². The Hall–Kier alpha value is -2.23. The van der Waals surface area contributed by atoms with Crippen LogP contribution in [0, 0.1) is 0 Å². The van der Waals surface area contributed by atoms with E-state index < -0.39 is 6.10 Å².